The Kier molecular flexibility index (Phi) is 4.57. The second-order valence-corrected chi connectivity index (χ2v) is 5.49. The first-order valence-electron chi connectivity index (χ1n) is 7.67. The Labute approximate surface area is 140 Å². The summed E-state index contributed by atoms with van der Waals surface area (Å²) < 4.78 is 5.38. The maximum atomic E-state index is 12.2. The van der Waals surface area contributed by atoms with Crippen LogP contribution in [0.5, 0.6) is 5.75 Å². The zero-order chi connectivity index (χ0) is 16.9. The largest absolute Gasteiger partial charge is 0.426 e. The van der Waals surface area contributed by atoms with Crippen LogP contribution in [-0.2, 0) is 16.0 Å². The highest BCUT2D eigenvalue weighted by molar-refractivity contribution is 5.90. The predicted octanol–water partition coefficient (Wildman–Crippen LogP) is 3.95. The van der Waals surface area contributed by atoms with Gasteiger partial charge < -0.3 is 10.1 Å². The minimum atomic E-state index is -0.321. The van der Waals surface area contributed by atoms with E-state index < -0.39 is 0 Å². The normalized spacial score (nSPS) is 10.4. The summed E-state index contributed by atoms with van der Waals surface area (Å²) in [4.78, 5) is 23.2. The molecule has 1 N–H and O–H groups in total. The molecule has 24 heavy (non-hydrogen) atoms. The van der Waals surface area contributed by atoms with Gasteiger partial charge in [0.1, 0.15) is 5.75 Å². The number of esters is 1. The average Bonchev–Trinajstić information content (AvgIpc) is 2.56. The summed E-state index contributed by atoms with van der Waals surface area (Å²) >= 11 is 0. The van der Waals surface area contributed by atoms with Crippen LogP contribution >= 0.6 is 0 Å². The lowest BCUT2D eigenvalue weighted by molar-refractivity contribution is -0.133. The molecule has 4 heteroatoms. The molecule has 0 bridgehead atoms. The topological polar surface area (TPSA) is 55.4 Å². The van der Waals surface area contributed by atoms with Crippen LogP contribution in [0.25, 0.3) is 10.8 Å². The molecule has 0 unspecified atom stereocenters. The molecule has 120 valence electrons. The predicted molar refractivity (Wildman–Crippen MR) is 94.0 cm³/mol. The Morgan fingerprint density at radius 3 is 2.38 bits per heavy atom. The lowest BCUT2D eigenvalue weighted by Crippen LogP contribution is -2.11. The van der Waals surface area contributed by atoms with Gasteiger partial charge in [0.05, 0.1) is 6.42 Å². The average molecular weight is 319 g/mol. The monoisotopic (exact) mass is 319 g/mol. The molecule has 0 heterocycles. The van der Waals surface area contributed by atoms with E-state index in [1.165, 1.54) is 6.92 Å². The number of anilines is 1. The maximum Gasteiger partial charge on any atom is 0.315 e. The van der Waals surface area contributed by atoms with Gasteiger partial charge in [0.2, 0.25) is 5.91 Å². The highest BCUT2D eigenvalue weighted by atomic mass is 16.5. The minimum Gasteiger partial charge on any atom is -0.426 e. The lowest BCUT2D eigenvalue weighted by atomic mass is 10.0. The molecule has 0 saturated carbocycles. The van der Waals surface area contributed by atoms with Crippen molar-refractivity contribution in [3.05, 3.63) is 72.3 Å². The third-order valence-corrected chi connectivity index (χ3v) is 3.62. The molecular formula is C20H17NO3. The Balaban J connectivity index is 1.70. The van der Waals surface area contributed by atoms with E-state index in [1.54, 1.807) is 24.3 Å². The molecule has 0 spiro atoms. The van der Waals surface area contributed by atoms with Gasteiger partial charge in [-0.15, -0.1) is 0 Å². The van der Waals surface area contributed by atoms with Gasteiger partial charge in [0, 0.05) is 12.6 Å². The fraction of sp³-hybridized carbons (Fsp3) is 0.100. The number of hydrogen-bond donors (Lipinski definition) is 1. The van der Waals surface area contributed by atoms with Crippen LogP contribution in [0.15, 0.2) is 66.7 Å². The van der Waals surface area contributed by atoms with Gasteiger partial charge in [-0.1, -0.05) is 42.5 Å². The quantitative estimate of drug-likeness (QED) is 0.585. The fourth-order valence-electron chi connectivity index (χ4n) is 2.58. The highest BCUT2D eigenvalue weighted by Gasteiger charge is 2.09. The van der Waals surface area contributed by atoms with Crippen LogP contribution in [0.3, 0.4) is 0 Å². The van der Waals surface area contributed by atoms with Crippen molar-refractivity contribution in [2.24, 2.45) is 0 Å². The van der Waals surface area contributed by atoms with Gasteiger partial charge in [-0.3, -0.25) is 9.59 Å². The molecule has 3 rings (SSSR count). The molecule has 0 fully saturated rings. The molecular weight excluding hydrogens is 302 g/mol. The second kappa shape index (κ2) is 6.96. The van der Waals surface area contributed by atoms with Gasteiger partial charge in [-0.25, -0.2) is 0 Å². The first-order valence-corrected chi connectivity index (χ1v) is 7.67. The zero-order valence-corrected chi connectivity index (χ0v) is 13.3. The number of amides is 1. The summed E-state index contributed by atoms with van der Waals surface area (Å²) in [5.74, 6) is -0.0105. The van der Waals surface area contributed by atoms with Crippen LogP contribution in [0.2, 0.25) is 0 Å². The van der Waals surface area contributed by atoms with Crippen LogP contribution in [0, 0.1) is 0 Å². The Morgan fingerprint density at radius 1 is 0.917 bits per heavy atom. The molecule has 0 aromatic heterocycles. The Hall–Kier alpha value is -3.14. The number of rotatable bonds is 4. The smallest absolute Gasteiger partial charge is 0.315 e. The van der Waals surface area contributed by atoms with Gasteiger partial charge in [0.25, 0.3) is 0 Å². The van der Waals surface area contributed by atoms with E-state index in [1.807, 2.05) is 42.5 Å². The van der Waals surface area contributed by atoms with Crippen molar-refractivity contribution in [3.8, 4) is 5.75 Å². The highest BCUT2D eigenvalue weighted by Crippen LogP contribution is 2.20. The number of benzene rings is 3. The summed E-state index contributed by atoms with van der Waals surface area (Å²) in [7, 11) is 0. The van der Waals surface area contributed by atoms with E-state index in [-0.39, 0.29) is 18.3 Å². The number of hydrogen-bond acceptors (Lipinski definition) is 3. The molecule has 3 aromatic rings. The second-order valence-electron chi connectivity index (χ2n) is 5.49. The van der Waals surface area contributed by atoms with Crippen molar-refractivity contribution in [2.45, 2.75) is 13.3 Å². The standard InChI is InChI=1S/C20H17NO3/c1-14(22)21-17-9-11-18(12-10-17)24-20(23)13-16-7-4-6-15-5-2-3-8-19(15)16/h2-12H,13H2,1H3,(H,21,22). The van der Waals surface area contributed by atoms with Crippen molar-refractivity contribution in [1.82, 2.24) is 0 Å². The summed E-state index contributed by atoms with van der Waals surface area (Å²) in [5.41, 5.74) is 1.60. The number of fused-ring (bicyclic) bond motifs is 1. The molecule has 3 aromatic carbocycles. The molecule has 0 aliphatic rings. The van der Waals surface area contributed by atoms with Crippen molar-refractivity contribution >= 4 is 28.3 Å². The third kappa shape index (κ3) is 3.79. The molecule has 0 aliphatic carbocycles. The van der Waals surface area contributed by atoms with Gasteiger partial charge >= 0.3 is 5.97 Å². The Bertz CT molecular complexity index is 880. The first-order chi connectivity index (χ1) is 11.6. The number of nitrogens with one attached hydrogen (secondary N) is 1. The van der Waals surface area contributed by atoms with Crippen LogP contribution in [0.4, 0.5) is 5.69 Å². The number of ether oxygens (including phenoxy) is 1. The van der Waals surface area contributed by atoms with Gasteiger partial charge in [-0.2, -0.15) is 0 Å². The molecule has 0 aliphatic heterocycles. The maximum absolute atomic E-state index is 12.2. The number of carbonyl (C=O) groups excluding carboxylic acids is 2. The van der Waals surface area contributed by atoms with Crippen LogP contribution in [0.1, 0.15) is 12.5 Å². The molecule has 4 nitrogen and oxygen atoms in total. The van der Waals surface area contributed by atoms with Crippen LogP contribution in [-0.4, -0.2) is 11.9 Å². The summed E-state index contributed by atoms with van der Waals surface area (Å²) in [6.07, 6.45) is 0.203. The summed E-state index contributed by atoms with van der Waals surface area (Å²) in [5, 5.41) is 4.82. The van der Waals surface area contributed by atoms with E-state index in [2.05, 4.69) is 5.32 Å². The van der Waals surface area contributed by atoms with E-state index in [4.69, 9.17) is 4.74 Å². The van der Waals surface area contributed by atoms with E-state index in [0.29, 0.717) is 11.4 Å². The van der Waals surface area contributed by atoms with E-state index >= 15 is 0 Å². The molecule has 0 atom stereocenters. The summed E-state index contributed by atoms with van der Waals surface area (Å²) in [6, 6.07) is 20.5. The van der Waals surface area contributed by atoms with Crippen molar-refractivity contribution in [1.29, 1.82) is 0 Å². The lowest BCUT2D eigenvalue weighted by Gasteiger charge is -2.08. The first kappa shape index (κ1) is 15.7. The van der Waals surface area contributed by atoms with Crippen molar-refractivity contribution < 1.29 is 14.3 Å². The Morgan fingerprint density at radius 2 is 1.62 bits per heavy atom. The molecule has 1 amide bonds. The summed E-state index contributed by atoms with van der Waals surface area (Å²) in [6.45, 7) is 1.44. The van der Waals surface area contributed by atoms with Crippen LogP contribution < -0.4 is 10.1 Å². The fourth-order valence-corrected chi connectivity index (χ4v) is 2.58. The number of carbonyl (C=O) groups is 2. The van der Waals surface area contributed by atoms with E-state index in [0.717, 1.165) is 16.3 Å². The third-order valence-electron chi connectivity index (χ3n) is 3.62. The minimum absolute atomic E-state index is 0.143. The van der Waals surface area contributed by atoms with E-state index in [9.17, 15) is 9.59 Å². The molecule has 0 radical (unpaired) electrons. The SMILES string of the molecule is CC(=O)Nc1ccc(OC(=O)Cc2cccc3ccccc23)cc1. The van der Waals surface area contributed by atoms with Crippen molar-refractivity contribution in [3.63, 3.8) is 0 Å². The van der Waals surface area contributed by atoms with Crippen molar-refractivity contribution in [2.75, 3.05) is 5.32 Å². The van der Waals surface area contributed by atoms with Gasteiger partial charge in [0.15, 0.2) is 0 Å². The van der Waals surface area contributed by atoms with Gasteiger partial charge in [-0.05, 0) is 40.6 Å². The molecule has 0 saturated heterocycles. The zero-order valence-electron chi connectivity index (χ0n) is 13.3.